The van der Waals surface area contributed by atoms with Gasteiger partial charge in [0, 0.05) is 58.5 Å². The van der Waals surface area contributed by atoms with Crippen LogP contribution in [0.1, 0.15) is 76.4 Å². The minimum Gasteiger partial charge on any atom is -0.357 e. The zero-order chi connectivity index (χ0) is 21.0. The number of rotatable bonds is 9. The quantitative estimate of drug-likeness (QED) is 0.366. The summed E-state index contributed by atoms with van der Waals surface area (Å²) in [7, 11) is 0. The number of hydrogen-bond donors (Lipinski definition) is 2. The summed E-state index contributed by atoms with van der Waals surface area (Å²) in [6, 6.07) is 0. The number of nitrogens with zero attached hydrogens (tertiary/aromatic N) is 5. The highest BCUT2D eigenvalue weighted by Crippen LogP contribution is 2.15. The first kappa shape index (κ1) is 22.6. The first-order chi connectivity index (χ1) is 14.8. The predicted molar refractivity (Wildman–Crippen MR) is 120 cm³/mol. The lowest BCUT2D eigenvalue weighted by molar-refractivity contribution is -0.130. The van der Waals surface area contributed by atoms with E-state index >= 15 is 0 Å². The Balaban J connectivity index is 1.37. The lowest BCUT2D eigenvalue weighted by Crippen LogP contribution is -2.38. The van der Waals surface area contributed by atoms with E-state index in [1.54, 1.807) is 0 Å². The van der Waals surface area contributed by atoms with Crippen LogP contribution in [0.15, 0.2) is 4.99 Å². The second-order valence-electron chi connectivity index (χ2n) is 8.33. The van der Waals surface area contributed by atoms with Gasteiger partial charge in [-0.1, -0.05) is 12.8 Å². The SMILES string of the molecule is CCNC(=NCCCN1CCCCCC1=O)NCCCc1nnc2n1CCCCC2. The van der Waals surface area contributed by atoms with Crippen LogP contribution in [0.2, 0.25) is 0 Å². The summed E-state index contributed by atoms with van der Waals surface area (Å²) in [4.78, 5) is 18.8. The van der Waals surface area contributed by atoms with Crippen LogP contribution >= 0.6 is 0 Å². The Labute approximate surface area is 180 Å². The normalized spacial score (nSPS) is 18.0. The first-order valence-electron chi connectivity index (χ1n) is 12.0. The van der Waals surface area contributed by atoms with Crippen molar-refractivity contribution in [3.63, 3.8) is 0 Å². The molecule has 30 heavy (non-hydrogen) atoms. The lowest BCUT2D eigenvalue weighted by atomic mass is 10.2. The zero-order valence-electron chi connectivity index (χ0n) is 18.7. The summed E-state index contributed by atoms with van der Waals surface area (Å²) >= 11 is 0. The predicted octanol–water partition coefficient (Wildman–Crippen LogP) is 2.28. The molecule has 0 saturated carbocycles. The van der Waals surface area contributed by atoms with Gasteiger partial charge in [0.1, 0.15) is 11.6 Å². The maximum Gasteiger partial charge on any atom is 0.222 e. The number of carbonyl (C=O) groups excluding carboxylic acids is 1. The molecule has 3 rings (SSSR count). The van der Waals surface area contributed by atoms with Gasteiger partial charge >= 0.3 is 0 Å². The fourth-order valence-corrected chi connectivity index (χ4v) is 4.25. The summed E-state index contributed by atoms with van der Waals surface area (Å²) in [6.07, 6.45) is 11.7. The van der Waals surface area contributed by atoms with E-state index in [-0.39, 0.29) is 0 Å². The van der Waals surface area contributed by atoms with Crippen molar-refractivity contribution < 1.29 is 4.79 Å². The second kappa shape index (κ2) is 12.5. The number of nitrogens with one attached hydrogen (secondary N) is 2. The fourth-order valence-electron chi connectivity index (χ4n) is 4.25. The van der Waals surface area contributed by atoms with Crippen molar-refractivity contribution in [1.82, 2.24) is 30.3 Å². The topological polar surface area (TPSA) is 87.4 Å². The first-order valence-corrected chi connectivity index (χ1v) is 12.0. The molecule has 0 aliphatic carbocycles. The smallest absolute Gasteiger partial charge is 0.222 e. The molecule has 3 heterocycles. The Kier molecular flexibility index (Phi) is 9.44. The van der Waals surface area contributed by atoms with Crippen LogP contribution in [-0.2, 0) is 24.2 Å². The Morgan fingerprint density at radius 1 is 1.00 bits per heavy atom. The van der Waals surface area contributed by atoms with E-state index in [0.717, 1.165) is 95.4 Å². The van der Waals surface area contributed by atoms with Crippen LogP contribution in [-0.4, -0.2) is 64.3 Å². The molecule has 2 aliphatic rings. The van der Waals surface area contributed by atoms with E-state index in [4.69, 9.17) is 0 Å². The van der Waals surface area contributed by atoms with E-state index in [2.05, 4.69) is 37.3 Å². The highest BCUT2D eigenvalue weighted by Gasteiger charge is 2.16. The van der Waals surface area contributed by atoms with Crippen molar-refractivity contribution in [1.29, 1.82) is 0 Å². The van der Waals surface area contributed by atoms with Crippen molar-refractivity contribution in [2.75, 3.05) is 32.7 Å². The van der Waals surface area contributed by atoms with Gasteiger partial charge in [-0.2, -0.15) is 0 Å². The number of guanidine groups is 1. The summed E-state index contributed by atoms with van der Waals surface area (Å²) in [5, 5.41) is 15.6. The molecule has 0 unspecified atom stereocenters. The van der Waals surface area contributed by atoms with E-state index in [1.165, 1.54) is 25.7 Å². The van der Waals surface area contributed by atoms with Crippen LogP contribution in [0.5, 0.6) is 0 Å². The Morgan fingerprint density at radius 2 is 1.83 bits per heavy atom. The largest absolute Gasteiger partial charge is 0.357 e. The second-order valence-corrected chi connectivity index (χ2v) is 8.33. The minimum absolute atomic E-state index is 0.313. The highest BCUT2D eigenvalue weighted by atomic mass is 16.2. The molecule has 0 spiro atoms. The Hall–Kier alpha value is -2.12. The van der Waals surface area contributed by atoms with Gasteiger partial charge in [-0.05, 0) is 45.4 Å². The fraction of sp³-hybridized carbons (Fsp3) is 0.818. The van der Waals surface area contributed by atoms with Gasteiger partial charge in [-0.15, -0.1) is 10.2 Å². The number of fused-ring (bicyclic) bond motifs is 1. The van der Waals surface area contributed by atoms with Crippen LogP contribution in [0, 0.1) is 0 Å². The Bertz CT molecular complexity index is 685. The number of aromatic nitrogens is 3. The van der Waals surface area contributed by atoms with Crippen molar-refractivity contribution >= 4 is 11.9 Å². The van der Waals surface area contributed by atoms with E-state index in [0.29, 0.717) is 12.3 Å². The number of carbonyl (C=O) groups is 1. The standard InChI is InChI=1S/C22H39N7O/c1-2-23-22(25-15-10-17-28-16-7-4-6-13-21(28)30)24-14-9-12-20-27-26-19-11-5-3-8-18-29(19)20/h2-18H2,1H3,(H2,23,24,25). The molecule has 8 nitrogen and oxygen atoms in total. The van der Waals surface area contributed by atoms with Crippen molar-refractivity contribution in [3.8, 4) is 0 Å². The molecule has 1 fully saturated rings. The van der Waals surface area contributed by atoms with E-state index in [9.17, 15) is 4.79 Å². The highest BCUT2D eigenvalue weighted by molar-refractivity contribution is 5.79. The Morgan fingerprint density at radius 3 is 2.70 bits per heavy atom. The molecule has 2 N–H and O–H groups in total. The number of amides is 1. The third kappa shape index (κ3) is 6.99. The molecule has 1 aromatic rings. The molecule has 0 bridgehead atoms. The van der Waals surface area contributed by atoms with E-state index < -0.39 is 0 Å². The number of aliphatic imine (C=N–C) groups is 1. The molecule has 168 valence electrons. The molecular formula is C22H39N7O. The third-order valence-electron chi connectivity index (χ3n) is 5.93. The van der Waals surface area contributed by atoms with Gasteiger partial charge in [0.2, 0.25) is 5.91 Å². The lowest BCUT2D eigenvalue weighted by Gasteiger charge is -2.20. The van der Waals surface area contributed by atoms with Crippen molar-refractivity contribution in [3.05, 3.63) is 11.6 Å². The molecule has 0 aromatic carbocycles. The summed E-state index contributed by atoms with van der Waals surface area (Å²) in [6.45, 7) is 7.31. The molecule has 1 aromatic heterocycles. The number of hydrogen-bond acceptors (Lipinski definition) is 4. The van der Waals surface area contributed by atoms with Crippen LogP contribution in [0.3, 0.4) is 0 Å². The molecule has 0 radical (unpaired) electrons. The average Bonchev–Trinajstić information content (AvgIpc) is 2.90. The molecular weight excluding hydrogens is 378 g/mol. The number of likely N-dealkylation sites (tertiary alicyclic amines) is 1. The summed E-state index contributed by atoms with van der Waals surface area (Å²) in [5.74, 6) is 3.46. The maximum atomic E-state index is 12.1. The van der Waals surface area contributed by atoms with Gasteiger partial charge in [0.15, 0.2) is 5.96 Å². The molecule has 1 saturated heterocycles. The zero-order valence-corrected chi connectivity index (χ0v) is 18.7. The van der Waals surface area contributed by atoms with Crippen LogP contribution in [0.4, 0.5) is 0 Å². The van der Waals surface area contributed by atoms with Crippen molar-refractivity contribution in [2.24, 2.45) is 4.99 Å². The molecule has 8 heteroatoms. The van der Waals surface area contributed by atoms with E-state index in [1.807, 2.05) is 4.90 Å². The van der Waals surface area contributed by atoms with Gasteiger partial charge in [-0.3, -0.25) is 9.79 Å². The van der Waals surface area contributed by atoms with Crippen LogP contribution in [0.25, 0.3) is 0 Å². The average molecular weight is 418 g/mol. The van der Waals surface area contributed by atoms with Gasteiger partial charge in [0.05, 0.1) is 0 Å². The van der Waals surface area contributed by atoms with Crippen LogP contribution < -0.4 is 10.6 Å². The van der Waals surface area contributed by atoms with Gasteiger partial charge < -0.3 is 20.1 Å². The van der Waals surface area contributed by atoms with Crippen molar-refractivity contribution in [2.45, 2.75) is 84.1 Å². The van der Waals surface area contributed by atoms with Gasteiger partial charge in [-0.25, -0.2) is 0 Å². The summed E-state index contributed by atoms with van der Waals surface area (Å²) < 4.78 is 2.33. The minimum atomic E-state index is 0.313. The van der Waals surface area contributed by atoms with Gasteiger partial charge in [0.25, 0.3) is 0 Å². The molecule has 2 aliphatic heterocycles. The number of aryl methyl sites for hydroxylation is 2. The monoisotopic (exact) mass is 417 g/mol. The molecule has 0 atom stereocenters. The third-order valence-corrected chi connectivity index (χ3v) is 5.93. The summed E-state index contributed by atoms with van der Waals surface area (Å²) in [5.41, 5.74) is 0. The maximum absolute atomic E-state index is 12.1. The molecule has 1 amide bonds.